The summed E-state index contributed by atoms with van der Waals surface area (Å²) in [7, 11) is 1.62. The Morgan fingerprint density at radius 1 is 1.32 bits per heavy atom. The smallest absolute Gasteiger partial charge is 1.00 e. The molecule has 0 bridgehead atoms. The Kier molecular flexibility index (Phi) is 8.28. The summed E-state index contributed by atoms with van der Waals surface area (Å²) in [5, 5.41) is 0.965. The van der Waals surface area contributed by atoms with Crippen LogP contribution in [0.2, 0.25) is 0 Å². The van der Waals surface area contributed by atoms with Gasteiger partial charge in [0, 0.05) is 22.9 Å². The molecule has 1 saturated heterocycles. The molecule has 0 spiro atoms. The van der Waals surface area contributed by atoms with Gasteiger partial charge in [0.25, 0.3) is 0 Å². The fourth-order valence-electron chi connectivity index (χ4n) is 3.08. The number of nitrogens with zero attached hydrogens (tertiary/aromatic N) is 1. The van der Waals surface area contributed by atoms with Gasteiger partial charge >= 0.3 is 35.7 Å². The maximum Gasteiger partial charge on any atom is 1.00 e. The van der Waals surface area contributed by atoms with E-state index in [2.05, 4.69) is 15.9 Å². The first-order valence-electron chi connectivity index (χ1n) is 9.11. The van der Waals surface area contributed by atoms with Gasteiger partial charge in [0.15, 0.2) is 11.3 Å². The maximum absolute atomic E-state index is 12.1. The minimum absolute atomic E-state index is 0. The van der Waals surface area contributed by atoms with Crippen LogP contribution >= 0.6 is 15.9 Å². The van der Waals surface area contributed by atoms with E-state index in [1.54, 1.807) is 12.0 Å². The molecular weight excluding hydrogens is 437 g/mol. The Bertz CT molecular complexity index is 815. The average molecular weight is 464 g/mol. The zero-order chi connectivity index (χ0) is 19.6. The molecule has 0 N–H and O–H groups in total. The van der Waals surface area contributed by atoms with Crippen molar-refractivity contribution in [1.29, 1.82) is 0 Å². The molecule has 1 aliphatic rings. The van der Waals surface area contributed by atoms with Gasteiger partial charge in [-0.15, -0.1) is 0 Å². The van der Waals surface area contributed by atoms with Gasteiger partial charge in [0.1, 0.15) is 18.0 Å². The number of methoxy groups -OCH3 is 1. The molecule has 1 aliphatic heterocycles. The summed E-state index contributed by atoms with van der Waals surface area (Å²) in [5.41, 5.74) is 0.242. The summed E-state index contributed by atoms with van der Waals surface area (Å²) in [6.07, 6.45) is 1.41. The van der Waals surface area contributed by atoms with Crippen LogP contribution in [0, 0.1) is 0 Å². The van der Waals surface area contributed by atoms with Crippen molar-refractivity contribution in [2.45, 2.75) is 51.9 Å². The van der Waals surface area contributed by atoms with E-state index in [-0.39, 0.29) is 43.2 Å². The Labute approximate surface area is 197 Å². The van der Waals surface area contributed by atoms with Crippen molar-refractivity contribution in [2.24, 2.45) is 0 Å². The number of ether oxygens (including phenoxy) is 3. The first-order chi connectivity index (χ1) is 12.8. The predicted octanol–water partition coefficient (Wildman–Crippen LogP) is 2.24. The Hall–Kier alpha value is -0.730. The van der Waals surface area contributed by atoms with Crippen molar-refractivity contribution in [3.05, 3.63) is 28.4 Å². The molecule has 1 amide bonds. The molecule has 0 aliphatic carbocycles. The van der Waals surface area contributed by atoms with Gasteiger partial charge in [0.05, 0.1) is 13.2 Å². The monoisotopic (exact) mass is 463 g/mol. The number of furan rings is 1. The van der Waals surface area contributed by atoms with Crippen molar-refractivity contribution in [2.75, 3.05) is 20.2 Å². The first kappa shape index (κ1) is 23.5. The van der Waals surface area contributed by atoms with Gasteiger partial charge in [-0.3, -0.25) is 0 Å². The van der Waals surface area contributed by atoms with Crippen molar-refractivity contribution in [3.8, 4) is 5.75 Å². The minimum Gasteiger partial charge on any atom is -1.00 e. The molecule has 0 atom stereocenters. The second-order valence-corrected chi connectivity index (χ2v) is 8.54. The summed E-state index contributed by atoms with van der Waals surface area (Å²) >= 11 is 3.54. The fraction of sp³-hybridized carbons (Fsp3) is 0.550. The van der Waals surface area contributed by atoms with Crippen molar-refractivity contribution >= 4 is 33.0 Å². The van der Waals surface area contributed by atoms with E-state index >= 15 is 0 Å². The number of likely N-dealkylation sites (tertiary alicyclic amines) is 1. The third-order valence-corrected chi connectivity index (χ3v) is 5.11. The van der Waals surface area contributed by atoms with Crippen LogP contribution < -0.4 is 34.3 Å². The normalized spacial score (nSPS) is 15.4. The molecule has 0 saturated carbocycles. The standard InChI is InChI=1S/C20H26BrNO5.Na.H/c1-20(2,3)27-19(23)22-9-7-13(8-10-22)25-12-14-11-15-16(21)5-6-17(24-4)18(15)26-14;;/h5-6,11,13H,7-10,12H2,1-4H3;;/q;+1;-1. The number of hydrogen-bond donors (Lipinski definition) is 0. The third-order valence-electron chi connectivity index (χ3n) is 4.42. The molecule has 1 aromatic carbocycles. The molecule has 2 aromatic rings. The second kappa shape index (κ2) is 9.85. The van der Waals surface area contributed by atoms with Crippen LogP contribution in [0.25, 0.3) is 11.0 Å². The van der Waals surface area contributed by atoms with E-state index in [0.717, 1.165) is 28.5 Å². The summed E-state index contributed by atoms with van der Waals surface area (Å²) in [6, 6.07) is 5.78. The molecule has 1 aromatic heterocycles. The Morgan fingerprint density at radius 2 is 2.00 bits per heavy atom. The van der Waals surface area contributed by atoms with Crippen LogP contribution in [0.4, 0.5) is 4.79 Å². The molecule has 150 valence electrons. The SMILES string of the molecule is COc1ccc(Br)c2cc(COC3CCN(C(=O)OC(C)(C)C)CC3)oc12.[H-].[Na+]. The molecule has 0 radical (unpaired) electrons. The van der Waals surface area contributed by atoms with Gasteiger partial charge < -0.3 is 25.0 Å². The zero-order valence-corrected chi connectivity index (χ0v) is 20.8. The zero-order valence-electron chi connectivity index (χ0n) is 18.2. The van der Waals surface area contributed by atoms with Gasteiger partial charge in [-0.2, -0.15) is 0 Å². The number of benzene rings is 1. The van der Waals surface area contributed by atoms with Crippen molar-refractivity contribution < 1.29 is 54.4 Å². The number of rotatable bonds is 4. The average Bonchev–Trinajstić information content (AvgIpc) is 3.04. The number of amides is 1. The van der Waals surface area contributed by atoms with E-state index in [0.29, 0.717) is 31.0 Å². The van der Waals surface area contributed by atoms with E-state index in [9.17, 15) is 4.79 Å². The number of carbonyl (C=O) groups is 1. The van der Waals surface area contributed by atoms with Crippen LogP contribution in [-0.4, -0.2) is 42.9 Å². The molecule has 6 nitrogen and oxygen atoms in total. The summed E-state index contributed by atoms with van der Waals surface area (Å²) < 4.78 is 23.7. The van der Waals surface area contributed by atoms with Gasteiger partial charge in [-0.1, -0.05) is 15.9 Å². The van der Waals surface area contributed by atoms with Crippen molar-refractivity contribution in [1.82, 2.24) is 4.90 Å². The number of halogens is 1. The number of carbonyl (C=O) groups excluding carboxylic acids is 1. The van der Waals surface area contributed by atoms with Crippen molar-refractivity contribution in [3.63, 3.8) is 0 Å². The van der Waals surface area contributed by atoms with Crippen LogP contribution in [0.3, 0.4) is 0 Å². The molecule has 2 heterocycles. The van der Waals surface area contributed by atoms with Gasteiger partial charge in [-0.05, 0) is 51.8 Å². The predicted molar refractivity (Wildman–Crippen MR) is 107 cm³/mol. The molecule has 1 fully saturated rings. The largest absolute Gasteiger partial charge is 1.00 e. The van der Waals surface area contributed by atoms with Gasteiger partial charge in [-0.25, -0.2) is 4.79 Å². The molecule has 3 rings (SSSR count). The minimum atomic E-state index is -0.471. The number of fused-ring (bicyclic) bond motifs is 1. The Balaban J connectivity index is 0.00000210. The first-order valence-corrected chi connectivity index (χ1v) is 9.90. The molecule has 0 unspecified atom stereocenters. The maximum atomic E-state index is 12.1. The van der Waals surface area contributed by atoms with E-state index < -0.39 is 5.60 Å². The van der Waals surface area contributed by atoms with Crippen LogP contribution in [0.5, 0.6) is 5.75 Å². The van der Waals surface area contributed by atoms with E-state index in [4.69, 9.17) is 18.6 Å². The Morgan fingerprint density at radius 3 is 2.61 bits per heavy atom. The second-order valence-electron chi connectivity index (χ2n) is 7.68. The molecule has 28 heavy (non-hydrogen) atoms. The summed E-state index contributed by atoms with van der Waals surface area (Å²) in [6.45, 7) is 7.30. The number of hydrogen-bond acceptors (Lipinski definition) is 5. The summed E-state index contributed by atoms with van der Waals surface area (Å²) in [4.78, 5) is 13.9. The summed E-state index contributed by atoms with van der Waals surface area (Å²) in [5.74, 6) is 1.45. The van der Waals surface area contributed by atoms with Gasteiger partial charge in [0.2, 0.25) is 0 Å². The number of piperidine rings is 1. The van der Waals surface area contributed by atoms with Crippen LogP contribution in [0.1, 0.15) is 40.8 Å². The third kappa shape index (κ3) is 5.89. The van der Waals surface area contributed by atoms with Crippen LogP contribution in [-0.2, 0) is 16.1 Å². The quantitative estimate of drug-likeness (QED) is 0.650. The van der Waals surface area contributed by atoms with Crippen LogP contribution in [0.15, 0.2) is 27.1 Å². The van der Waals surface area contributed by atoms with E-state index in [1.807, 2.05) is 39.0 Å². The fourth-order valence-corrected chi connectivity index (χ4v) is 3.51. The molecular formula is C20H27BrNNaO5. The molecule has 8 heteroatoms. The topological polar surface area (TPSA) is 61.1 Å². The van der Waals surface area contributed by atoms with E-state index in [1.165, 1.54) is 0 Å².